The molecule has 0 bridgehead atoms. The highest BCUT2D eigenvalue weighted by Gasteiger charge is 2.15. The fourth-order valence-corrected chi connectivity index (χ4v) is 4.29. The number of aromatic nitrogens is 6. The first-order valence-electron chi connectivity index (χ1n) is 11.7. The van der Waals surface area contributed by atoms with E-state index >= 15 is 0 Å². The molecule has 5 aromatic heterocycles. The maximum Gasteiger partial charge on any atom is 0.226 e. The number of carbonyl (C=O) groups excluding carboxylic acids is 1. The number of carbonyl (C=O) groups is 1. The first kappa shape index (κ1) is 21.7. The number of nitrogens with zero attached hydrogens (tertiary/aromatic N) is 4. The van der Waals surface area contributed by atoms with Crippen LogP contribution in [0.5, 0.6) is 0 Å². The Morgan fingerprint density at radius 3 is 2.56 bits per heavy atom. The summed E-state index contributed by atoms with van der Waals surface area (Å²) in [4.78, 5) is 28.6. The molecule has 0 aliphatic heterocycles. The Morgan fingerprint density at radius 2 is 1.72 bits per heavy atom. The van der Waals surface area contributed by atoms with E-state index in [1.54, 1.807) is 31.0 Å². The van der Waals surface area contributed by atoms with Gasteiger partial charge in [0.2, 0.25) is 5.91 Å². The highest BCUT2D eigenvalue weighted by Crippen LogP contribution is 2.34. The first-order valence-corrected chi connectivity index (χ1v) is 11.7. The summed E-state index contributed by atoms with van der Waals surface area (Å²) >= 11 is 0. The summed E-state index contributed by atoms with van der Waals surface area (Å²) in [7, 11) is 0. The van der Waals surface area contributed by atoms with Gasteiger partial charge in [0.15, 0.2) is 0 Å². The average molecular weight is 474 g/mol. The van der Waals surface area contributed by atoms with Crippen LogP contribution < -0.4 is 5.32 Å². The summed E-state index contributed by atoms with van der Waals surface area (Å²) in [5, 5.41) is 12.7. The minimum absolute atomic E-state index is 0.0416. The number of hydrogen-bond donors (Lipinski definition) is 3. The first-order chi connectivity index (χ1) is 17.6. The van der Waals surface area contributed by atoms with Gasteiger partial charge >= 0.3 is 0 Å². The van der Waals surface area contributed by atoms with E-state index in [4.69, 9.17) is 0 Å². The normalized spacial score (nSPS) is 11.4. The second-order valence-corrected chi connectivity index (χ2v) is 8.98. The van der Waals surface area contributed by atoms with Crippen LogP contribution in [0.15, 0.2) is 79.5 Å². The van der Waals surface area contributed by atoms with E-state index in [-0.39, 0.29) is 11.8 Å². The standard InChI is InChI=1S/C28H23N7O/c1-16(2)28(36)32-20-11-19(14-30-15-20)18-3-4-24-23(12-18)26(35-34-24)25-13-22-21(7-10-31-27(22)33-25)17-5-8-29-9-6-17/h3-16H,1-2H3,(H,31,33)(H,32,36)(H,34,35). The van der Waals surface area contributed by atoms with Gasteiger partial charge in [-0.3, -0.25) is 19.9 Å². The third kappa shape index (κ3) is 3.88. The van der Waals surface area contributed by atoms with Gasteiger partial charge in [-0.2, -0.15) is 5.10 Å². The lowest BCUT2D eigenvalue weighted by Gasteiger charge is -2.09. The summed E-state index contributed by atoms with van der Waals surface area (Å²) in [6.45, 7) is 3.72. The summed E-state index contributed by atoms with van der Waals surface area (Å²) in [6.07, 6.45) is 8.83. The molecular weight excluding hydrogens is 450 g/mol. The lowest BCUT2D eigenvalue weighted by atomic mass is 10.0. The number of amides is 1. The van der Waals surface area contributed by atoms with Crippen molar-refractivity contribution in [3.05, 3.63) is 79.5 Å². The van der Waals surface area contributed by atoms with Gasteiger partial charge in [-0.1, -0.05) is 19.9 Å². The van der Waals surface area contributed by atoms with Gasteiger partial charge in [-0.25, -0.2) is 4.98 Å². The topological polar surface area (TPSA) is 112 Å². The van der Waals surface area contributed by atoms with Crippen LogP contribution in [0.1, 0.15) is 13.8 Å². The molecule has 0 fully saturated rings. The second kappa shape index (κ2) is 8.74. The minimum atomic E-state index is -0.108. The highest BCUT2D eigenvalue weighted by molar-refractivity contribution is 6.01. The summed E-state index contributed by atoms with van der Waals surface area (Å²) in [5.74, 6) is -0.150. The van der Waals surface area contributed by atoms with Gasteiger partial charge in [-0.15, -0.1) is 0 Å². The van der Waals surface area contributed by atoms with E-state index in [9.17, 15) is 4.79 Å². The number of nitrogens with one attached hydrogen (secondary N) is 3. The molecule has 0 spiro atoms. The Labute approximate surface area is 206 Å². The smallest absolute Gasteiger partial charge is 0.226 e. The second-order valence-electron chi connectivity index (χ2n) is 8.98. The van der Waals surface area contributed by atoms with Gasteiger partial charge in [0.1, 0.15) is 11.3 Å². The summed E-state index contributed by atoms with van der Waals surface area (Å²) in [6, 6.07) is 16.1. The number of anilines is 1. The van der Waals surface area contributed by atoms with E-state index in [0.717, 1.165) is 55.6 Å². The summed E-state index contributed by atoms with van der Waals surface area (Å²) in [5.41, 5.74) is 8.11. The number of benzene rings is 1. The van der Waals surface area contributed by atoms with Crippen molar-refractivity contribution in [2.75, 3.05) is 5.32 Å². The van der Waals surface area contributed by atoms with E-state index in [1.165, 1.54) is 0 Å². The van der Waals surface area contributed by atoms with Crippen molar-refractivity contribution in [1.29, 1.82) is 0 Å². The van der Waals surface area contributed by atoms with Gasteiger partial charge in [0, 0.05) is 47.0 Å². The van der Waals surface area contributed by atoms with Gasteiger partial charge in [0.05, 0.1) is 23.1 Å². The molecule has 0 saturated carbocycles. The molecule has 6 aromatic rings. The van der Waals surface area contributed by atoms with Crippen LogP contribution in [0.4, 0.5) is 5.69 Å². The average Bonchev–Trinajstić information content (AvgIpc) is 3.53. The lowest BCUT2D eigenvalue weighted by Crippen LogP contribution is -2.17. The van der Waals surface area contributed by atoms with Crippen LogP contribution in [0, 0.1) is 5.92 Å². The van der Waals surface area contributed by atoms with E-state index in [0.29, 0.717) is 5.69 Å². The molecule has 0 aliphatic rings. The Balaban J connectivity index is 1.41. The third-order valence-corrected chi connectivity index (χ3v) is 6.20. The predicted octanol–water partition coefficient (Wildman–Crippen LogP) is 5.82. The molecule has 8 nitrogen and oxygen atoms in total. The van der Waals surface area contributed by atoms with Crippen molar-refractivity contribution < 1.29 is 4.79 Å². The van der Waals surface area contributed by atoms with Gasteiger partial charge in [-0.05, 0) is 59.2 Å². The molecule has 36 heavy (non-hydrogen) atoms. The fraction of sp³-hybridized carbons (Fsp3) is 0.107. The minimum Gasteiger partial charge on any atom is -0.338 e. The van der Waals surface area contributed by atoms with Crippen LogP contribution in [0.3, 0.4) is 0 Å². The Hall–Kier alpha value is -4.85. The van der Waals surface area contributed by atoms with E-state index < -0.39 is 0 Å². The molecule has 0 saturated heterocycles. The van der Waals surface area contributed by atoms with Crippen LogP contribution in [0.25, 0.3) is 55.6 Å². The molecule has 5 heterocycles. The van der Waals surface area contributed by atoms with E-state index in [2.05, 4.69) is 47.6 Å². The maximum atomic E-state index is 12.1. The van der Waals surface area contributed by atoms with Gasteiger partial charge in [0.25, 0.3) is 0 Å². The summed E-state index contributed by atoms with van der Waals surface area (Å²) < 4.78 is 0. The lowest BCUT2D eigenvalue weighted by molar-refractivity contribution is -0.118. The molecule has 1 amide bonds. The molecule has 1 aromatic carbocycles. The molecule has 3 N–H and O–H groups in total. The number of rotatable bonds is 5. The van der Waals surface area contributed by atoms with Crippen molar-refractivity contribution >= 4 is 33.5 Å². The maximum absolute atomic E-state index is 12.1. The zero-order chi connectivity index (χ0) is 24.6. The zero-order valence-electron chi connectivity index (χ0n) is 19.8. The van der Waals surface area contributed by atoms with Crippen LogP contribution in [0.2, 0.25) is 0 Å². The van der Waals surface area contributed by atoms with Crippen molar-refractivity contribution in [2.45, 2.75) is 13.8 Å². The Kier molecular flexibility index (Phi) is 5.26. The van der Waals surface area contributed by atoms with Crippen LogP contribution in [-0.4, -0.2) is 36.0 Å². The molecule has 0 atom stereocenters. The number of fused-ring (bicyclic) bond motifs is 2. The number of pyridine rings is 3. The number of hydrogen-bond acceptors (Lipinski definition) is 5. The zero-order valence-corrected chi connectivity index (χ0v) is 19.8. The molecule has 176 valence electrons. The molecule has 0 aliphatic carbocycles. The highest BCUT2D eigenvalue weighted by atomic mass is 16.1. The largest absolute Gasteiger partial charge is 0.338 e. The van der Waals surface area contributed by atoms with Gasteiger partial charge < -0.3 is 10.3 Å². The third-order valence-electron chi connectivity index (χ3n) is 6.20. The Morgan fingerprint density at radius 1 is 0.861 bits per heavy atom. The SMILES string of the molecule is CC(C)C(=O)Nc1cncc(-c2ccc3[nH]nc(-c4cc5c(-c6ccncc6)ccnc5[nH]4)c3c2)c1. The van der Waals surface area contributed by atoms with Crippen molar-refractivity contribution in [2.24, 2.45) is 5.92 Å². The number of H-pyrrole nitrogens is 2. The number of aromatic amines is 2. The molecular formula is C28H23N7O. The van der Waals surface area contributed by atoms with Crippen molar-refractivity contribution in [3.63, 3.8) is 0 Å². The molecule has 6 rings (SSSR count). The molecule has 0 radical (unpaired) electrons. The van der Waals surface area contributed by atoms with Crippen LogP contribution in [-0.2, 0) is 4.79 Å². The molecule has 0 unspecified atom stereocenters. The molecule has 8 heteroatoms. The predicted molar refractivity (Wildman–Crippen MR) is 141 cm³/mol. The van der Waals surface area contributed by atoms with E-state index in [1.807, 2.05) is 50.2 Å². The monoisotopic (exact) mass is 473 g/mol. The quantitative estimate of drug-likeness (QED) is 0.292. The van der Waals surface area contributed by atoms with Crippen LogP contribution >= 0.6 is 0 Å². The fourth-order valence-electron chi connectivity index (χ4n) is 4.29. The van der Waals surface area contributed by atoms with Crippen molar-refractivity contribution in [3.8, 4) is 33.6 Å². The van der Waals surface area contributed by atoms with Crippen molar-refractivity contribution in [1.82, 2.24) is 30.1 Å². The Bertz CT molecular complexity index is 1720.